The largest absolute Gasteiger partial charge is 0.390 e. The maximum Gasteiger partial charge on any atom is 0.0849 e. The molecule has 0 aliphatic heterocycles. The predicted octanol–water partition coefficient (Wildman–Crippen LogP) is 0.528. The first kappa shape index (κ1) is 7.92. The molecule has 0 aliphatic carbocycles. The lowest BCUT2D eigenvalue weighted by molar-refractivity contribution is -0.0488. The molecule has 0 saturated carbocycles. The third-order valence-electron chi connectivity index (χ3n) is 1.20. The SMILES string of the molecule is CC[C@@H](O)C(C)(C)O. The highest BCUT2D eigenvalue weighted by Gasteiger charge is 2.21. The van der Waals surface area contributed by atoms with Crippen LogP contribution in [0.5, 0.6) is 0 Å². The zero-order chi connectivity index (χ0) is 6.78. The van der Waals surface area contributed by atoms with E-state index in [4.69, 9.17) is 10.2 Å². The Hall–Kier alpha value is -0.0800. The van der Waals surface area contributed by atoms with E-state index in [1.54, 1.807) is 13.8 Å². The van der Waals surface area contributed by atoms with E-state index < -0.39 is 11.7 Å². The topological polar surface area (TPSA) is 40.5 Å². The van der Waals surface area contributed by atoms with Gasteiger partial charge in [-0.1, -0.05) is 6.92 Å². The molecule has 0 spiro atoms. The van der Waals surface area contributed by atoms with Crippen molar-refractivity contribution in [3.63, 3.8) is 0 Å². The highest BCUT2D eigenvalue weighted by atomic mass is 16.3. The van der Waals surface area contributed by atoms with Crippen LogP contribution in [0, 0.1) is 0 Å². The van der Waals surface area contributed by atoms with Gasteiger partial charge in [-0.2, -0.15) is 0 Å². The second kappa shape index (κ2) is 2.46. The van der Waals surface area contributed by atoms with E-state index in [-0.39, 0.29) is 0 Å². The Balaban J connectivity index is 3.62. The summed E-state index contributed by atoms with van der Waals surface area (Å²) in [7, 11) is 0. The summed E-state index contributed by atoms with van der Waals surface area (Å²) in [4.78, 5) is 0. The monoisotopic (exact) mass is 118 g/mol. The van der Waals surface area contributed by atoms with Gasteiger partial charge in [-0.25, -0.2) is 0 Å². The van der Waals surface area contributed by atoms with Crippen LogP contribution in [-0.2, 0) is 0 Å². The van der Waals surface area contributed by atoms with Crippen LogP contribution in [-0.4, -0.2) is 21.9 Å². The van der Waals surface area contributed by atoms with Gasteiger partial charge < -0.3 is 10.2 Å². The number of aliphatic hydroxyl groups is 2. The third kappa shape index (κ3) is 2.28. The van der Waals surface area contributed by atoms with Gasteiger partial charge in [0, 0.05) is 0 Å². The third-order valence-corrected chi connectivity index (χ3v) is 1.20. The molecule has 2 N–H and O–H groups in total. The van der Waals surface area contributed by atoms with Gasteiger partial charge in [-0.05, 0) is 20.3 Å². The van der Waals surface area contributed by atoms with Crippen molar-refractivity contribution in [3.05, 3.63) is 0 Å². The summed E-state index contributed by atoms with van der Waals surface area (Å²) in [5.74, 6) is 0. The summed E-state index contributed by atoms with van der Waals surface area (Å²) >= 11 is 0. The van der Waals surface area contributed by atoms with Gasteiger partial charge in [0.2, 0.25) is 0 Å². The van der Waals surface area contributed by atoms with Gasteiger partial charge >= 0.3 is 0 Å². The molecule has 0 rings (SSSR count). The molecule has 0 radical (unpaired) electrons. The molecular weight excluding hydrogens is 104 g/mol. The van der Waals surface area contributed by atoms with E-state index >= 15 is 0 Å². The molecule has 0 amide bonds. The zero-order valence-electron chi connectivity index (χ0n) is 5.68. The maximum absolute atomic E-state index is 9.04. The van der Waals surface area contributed by atoms with Crippen LogP contribution in [0.1, 0.15) is 27.2 Å². The molecule has 0 aromatic heterocycles. The van der Waals surface area contributed by atoms with Crippen molar-refractivity contribution in [1.82, 2.24) is 0 Å². The van der Waals surface area contributed by atoms with Gasteiger partial charge in [0.25, 0.3) is 0 Å². The molecule has 0 aromatic rings. The van der Waals surface area contributed by atoms with Gasteiger partial charge in [0.15, 0.2) is 0 Å². The lowest BCUT2D eigenvalue weighted by Crippen LogP contribution is -2.34. The van der Waals surface area contributed by atoms with Crippen LogP contribution < -0.4 is 0 Å². The van der Waals surface area contributed by atoms with Gasteiger partial charge in [-0.15, -0.1) is 0 Å². The minimum Gasteiger partial charge on any atom is -0.390 e. The molecular formula is C6H14O2. The quantitative estimate of drug-likeness (QED) is 0.555. The minimum atomic E-state index is -0.936. The van der Waals surface area contributed by atoms with E-state index in [1.165, 1.54) is 0 Å². The van der Waals surface area contributed by atoms with Crippen molar-refractivity contribution in [1.29, 1.82) is 0 Å². The van der Waals surface area contributed by atoms with Gasteiger partial charge in [-0.3, -0.25) is 0 Å². The Kier molecular flexibility index (Phi) is 2.44. The van der Waals surface area contributed by atoms with Crippen LogP contribution in [0.3, 0.4) is 0 Å². The normalized spacial score (nSPS) is 16.1. The molecule has 0 aliphatic rings. The van der Waals surface area contributed by atoms with Crippen molar-refractivity contribution in [2.45, 2.75) is 38.9 Å². The minimum absolute atomic E-state index is 0.595. The first-order valence-corrected chi connectivity index (χ1v) is 2.89. The second-order valence-electron chi connectivity index (χ2n) is 2.58. The predicted molar refractivity (Wildman–Crippen MR) is 32.6 cm³/mol. The fourth-order valence-corrected chi connectivity index (χ4v) is 0.500. The average Bonchev–Trinajstić information content (AvgIpc) is 1.62. The summed E-state index contributed by atoms with van der Waals surface area (Å²) in [6.07, 6.45) is 0.00579. The number of hydrogen-bond acceptors (Lipinski definition) is 2. The summed E-state index contributed by atoms with van der Waals surface area (Å²) < 4.78 is 0. The zero-order valence-corrected chi connectivity index (χ0v) is 5.68. The number of rotatable bonds is 2. The fraction of sp³-hybridized carbons (Fsp3) is 1.00. The van der Waals surface area contributed by atoms with E-state index in [1.807, 2.05) is 6.92 Å². The fourth-order valence-electron chi connectivity index (χ4n) is 0.500. The molecule has 2 heteroatoms. The van der Waals surface area contributed by atoms with Crippen molar-refractivity contribution in [2.24, 2.45) is 0 Å². The molecule has 0 saturated heterocycles. The van der Waals surface area contributed by atoms with Crippen LogP contribution in [0.4, 0.5) is 0 Å². The van der Waals surface area contributed by atoms with Crippen LogP contribution in [0.2, 0.25) is 0 Å². The second-order valence-corrected chi connectivity index (χ2v) is 2.58. The first-order chi connectivity index (χ1) is 3.48. The molecule has 2 nitrogen and oxygen atoms in total. The lowest BCUT2D eigenvalue weighted by Gasteiger charge is -2.22. The molecule has 8 heavy (non-hydrogen) atoms. The van der Waals surface area contributed by atoms with Crippen LogP contribution in [0.25, 0.3) is 0 Å². The Morgan fingerprint density at radius 1 is 1.50 bits per heavy atom. The summed E-state index contributed by atoms with van der Waals surface area (Å²) in [6.45, 7) is 5.03. The highest BCUT2D eigenvalue weighted by molar-refractivity contribution is 4.73. The van der Waals surface area contributed by atoms with E-state index in [0.717, 1.165) is 0 Å². The Bertz CT molecular complexity index is 63.4. The molecule has 0 unspecified atom stereocenters. The Morgan fingerprint density at radius 3 is 1.88 bits per heavy atom. The molecule has 0 fully saturated rings. The molecule has 0 bridgehead atoms. The Morgan fingerprint density at radius 2 is 1.88 bits per heavy atom. The number of hydrogen-bond donors (Lipinski definition) is 2. The maximum atomic E-state index is 9.04. The van der Waals surface area contributed by atoms with Gasteiger partial charge in [0.1, 0.15) is 0 Å². The molecule has 1 atom stereocenters. The van der Waals surface area contributed by atoms with Crippen molar-refractivity contribution < 1.29 is 10.2 Å². The molecule has 50 valence electrons. The highest BCUT2D eigenvalue weighted by Crippen LogP contribution is 2.09. The molecule has 0 heterocycles. The van der Waals surface area contributed by atoms with Crippen molar-refractivity contribution in [2.75, 3.05) is 0 Å². The average molecular weight is 118 g/mol. The van der Waals surface area contributed by atoms with Crippen molar-refractivity contribution >= 4 is 0 Å². The van der Waals surface area contributed by atoms with E-state index in [0.29, 0.717) is 6.42 Å². The molecule has 0 aromatic carbocycles. The lowest BCUT2D eigenvalue weighted by atomic mass is 10.0. The van der Waals surface area contributed by atoms with Gasteiger partial charge in [0.05, 0.1) is 11.7 Å². The summed E-state index contributed by atoms with van der Waals surface area (Å²) in [5, 5.41) is 18.0. The number of aliphatic hydroxyl groups excluding tert-OH is 1. The smallest absolute Gasteiger partial charge is 0.0849 e. The first-order valence-electron chi connectivity index (χ1n) is 2.89. The van der Waals surface area contributed by atoms with Crippen molar-refractivity contribution in [3.8, 4) is 0 Å². The Labute approximate surface area is 50.2 Å². The van der Waals surface area contributed by atoms with E-state index in [9.17, 15) is 0 Å². The summed E-state index contributed by atoms with van der Waals surface area (Å²) in [6, 6.07) is 0. The summed E-state index contributed by atoms with van der Waals surface area (Å²) in [5.41, 5.74) is -0.936. The van der Waals surface area contributed by atoms with Crippen LogP contribution in [0.15, 0.2) is 0 Å². The van der Waals surface area contributed by atoms with Crippen LogP contribution >= 0.6 is 0 Å². The van der Waals surface area contributed by atoms with E-state index in [2.05, 4.69) is 0 Å². The standard InChI is InChI=1S/C6H14O2/c1-4-5(7)6(2,3)8/h5,7-8H,4H2,1-3H3/t5-/m1/s1.